The zero-order valence-electron chi connectivity index (χ0n) is 10.1. The third-order valence-corrected chi connectivity index (χ3v) is 3.60. The SMILES string of the molecule is CCCc1ncsc1Cc1ccc([N+](=O)[O-])cc1. The number of non-ortho nitro benzene ring substituents is 1. The highest BCUT2D eigenvalue weighted by Gasteiger charge is 2.08. The van der Waals surface area contributed by atoms with E-state index in [0.717, 1.165) is 30.5 Å². The van der Waals surface area contributed by atoms with Gasteiger partial charge < -0.3 is 0 Å². The van der Waals surface area contributed by atoms with Crippen molar-refractivity contribution in [2.45, 2.75) is 26.2 Å². The number of aryl methyl sites for hydroxylation is 1. The number of hydrogen-bond acceptors (Lipinski definition) is 4. The summed E-state index contributed by atoms with van der Waals surface area (Å²) in [6.07, 6.45) is 2.88. The van der Waals surface area contributed by atoms with Gasteiger partial charge >= 0.3 is 0 Å². The van der Waals surface area contributed by atoms with Crippen LogP contribution in [0.2, 0.25) is 0 Å². The van der Waals surface area contributed by atoms with E-state index in [1.165, 1.54) is 4.88 Å². The van der Waals surface area contributed by atoms with Crippen LogP contribution in [0.1, 0.15) is 29.5 Å². The van der Waals surface area contributed by atoms with Crippen LogP contribution in [0.4, 0.5) is 5.69 Å². The number of benzene rings is 1. The molecule has 4 nitrogen and oxygen atoms in total. The van der Waals surface area contributed by atoms with Crippen LogP contribution in [0.25, 0.3) is 0 Å². The highest BCUT2D eigenvalue weighted by Crippen LogP contribution is 2.21. The van der Waals surface area contributed by atoms with Gasteiger partial charge in [0.25, 0.3) is 5.69 Å². The lowest BCUT2D eigenvalue weighted by atomic mass is 10.1. The molecule has 0 spiro atoms. The predicted molar refractivity (Wildman–Crippen MR) is 72.0 cm³/mol. The summed E-state index contributed by atoms with van der Waals surface area (Å²) in [6, 6.07) is 6.73. The Labute approximate surface area is 109 Å². The predicted octanol–water partition coefficient (Wildman–Crippen LogP) is 3.59. The lowest BCUT2D eigenvalue weighted by Crippen LogP contribution is -1.93. The van der Waals surface area contributed by atoms with Gasteiger partial charge in [-0.2, -0.15) is 0 Å². The number of hydrogen-bond donors (Lipinski definition) is 0. The number of thiazole rings is 1. The van der Waals surface area contributed by atoms with Gasteiger partial charge in [-0.05, 0) is 12.0 Å². The maximum absolute atomic E-state index is 10.6. The molecule has 0 fully saturated rings. The monoisotopic (exact) mass is 262 g/mol. The summed E-state index contributed by atoms with van der Waals surface area (Å²) >= 11 is 1.65. The van der Waals surface area contributed by atoms with Crippen LogP contribution in [0.5, 0.6) is 0 Å². The molecule has 0 aliphatic heterocycles. The summed E-state index contributed by atoms with van der Waals surface area (Å²) in [5, 5.41) is 10.6. The molecule has 2 aromatic rings. The molecule has 0 bridgehead atoms. The van der Waals surface area contributed by atoms with Gasteiger partial charge in [0, 0.05) is 23.4 Å². The van der Waals surface area contributed by atoms with Crippen LogP contribution < -0.4 is 0 Å². The Morgan fingerprint density at radius 1 is 1.33 bits per heavy atom. The number of nitrogens with zero attached hydrogens (tertiary/aromatic N) is 2. The number of nitro groups is 1. The molecule has 94 valence electrons. The first-order valence-electron chi connectivity index (χ1n) is 5.85. The van der Waals surface area contributed by atoms with Gasteiger partial charge in [-0.25, -0.2) is 4.98 Å². The smallest absolute Gasteiger partial charge is 0.258 e. The molecule has 0 amide bonds. The van der Waals surface area contributed by atoms with Crippen LogP contribution in [0, 0.1) is 10.1 Å². The van der Waals surface area contributed by atoms with Crippen molar-refractivity contribution < 1.29 is 4.92 Å². The van der Waals surface area contributed by atoms with E-state index in [9.17, 15) is 10.1 Å². The molecule has 0 atom stereocenters. The minimum Gasteiger partial charge on any atom is -0.258 e. The second-order valence-electron chi connectivity index (χ2n) is 4.07. The summed E-state index contributed by atoms with van der Waals surface area (Å²) in [6.45, 7) is 2.13. The average molecular weight is 262 g/mol. The van der Waals surface area contributed by atoms with Gasteiger partial charge in [-0.1, -0.05) is 25.5 Å². The van der Waals surface area contributed by atoms with Crippen molar-refractivity contribution in [2.75, 3.05) is 0 Å². The van der Waals surface area contributed by atoms with E-state index in [1.54, 1.807) is 23.5 Å². The van der Waals surface area contributed by atoms with Gasteiger partial charge in [-0.15, -0.1) is 11.3 Å². The second kappa shape index (κ2) is 5.73. The van der Waals surface area contributed by atoms with E-state index in [4.69, 9.17) is 0 Å². The molecular weight excluding hydrogens is 248 g/mol. The van der Waals surface area contributed by atoms with Crippen LogP contribution >= 0.6 is 11.3 Å². The molecular formula is C13H14N2O2S. The molecule has 0 N–H and O–H groups in total. The Kier molecular flexibility index (Phi) is 4.04. The minimum atomic E-state index is -0.376. The van der Waals surface area contributed by atoms with Gasteiger partial charge in [0.1, 0.15) is 0 Å². The van der Waals surface area contributed by atoms with Crippen LogP contribution in [0.15, 0.2) is 29.8 Å². The standard InChI is InChI=1S/C13H14N2O2S/c1-2-3-12-13(18-9-14-12)8-10-4-6-11(7-5-10)15(16)17/h4-7,9H,2-3,8H2,1H3. The fourth-order valence-corrected chi connectivity index (χ4v) is 2.65. The fourth-order valence-electron chi connectivity index (χ4n) is 1.80. The maximum Gasteiger partial charge on any atom is 0.269 e. The topological polar surface area (TPSA) is 56.0 Å². The van der Waals surface area contributed by atoms with Crippen molar-refractivity contribution >= 4 is 17.0 Å². The largest absolute Gasteiger partial charge is 0.269 e. The van der Waals surface area contributed by atoms with Crippen molar-refractivity contribution in [2.24, 2.45) is 0 Å². The Bertz CT molecular complexity index is 534. The van der Waals surface area contributed by atoms with E-state index < -0.39 is 0 Å². The molecule has 2 rings (SSSR count). The third kappa shape index (κ3) is 2.92. The van der Waals surface area contributed by atoms with E-state index in [0.29, 0.717) is 0 Å². The molecule has 18 heavy (non-hydrogen) atoms. The molecule has 1 heterocycles. The Morgan fingerprint density at radius 2 is 2.06 bits per heavy atom. The summed E-state index contributed by atoms with van der Waals surface area (Å²) in [4.78, 5) is 15.8. The normalized spacial score (nSPS) is 10.5. The average Bonchev–Trinajstić information content (AvgIpc) is 2.78. The zero-order chi connectivity index (χ0) is 13.0. The second-order valence-corrected chi connectivity index (χ2v) is 5.01. The van der Waals surface area contributed by atoms with E-state index >= 15 is 0 Å². The Hall–Kier alpha value is -1.75. The molecule has 0 radical (unpaired) electrons. The quantitative estimate of drug-likeness (QED) is 0.611. The lowest BCUT2D eigenvalue weighted by Gasteiger charge is -2.01. The molecule has 1 aromatic heterocycles. The first kappa shape index (κ1) is 12.7. The van der Waals surface area contributed by atoms with Crippen molar-refractivity contribution in [3.05, 3.63) is 56.0 Å². The van der Waals surface area contributed by atoms with Crippen molar-refractivity contribution in [1.29, 1.82) is 0 Å². The maximum atomic E-state index is 10.6. The summed E-state index contributed by atoms with van der Waals surface area (Å²) in [5.41, 5.74) is 4.24. The molecule has 0 aliphatic carbocycles. The first-order valence-corrected chi connectivity index (χ1v) is 6.73. The Balaban J connectivity index is 2.13. The van der Waals surface area contributed by atoms with E-state index in [1.807, 2.05) is 17.6 Å². The Morgan fingerprint density at radius 3 is 2.67 bits per heavy atom. The summed E-state index contributed by atoms with van der Waals surface area (Å²) in [5.74, 6) is 0. The molecule has 0 unspecified atom stereocenters. The molecule has 1 aromatic carbocycles. The fraction of sp³-hybridized carbons (Fsp3) is 0.308. The first-order chi connectivity index (χ1) is 8.70. The zero-order valence-corrected chi connectivity index (χ0v) is 10.9. The minimum absolute atomic E-state index is 0.136. The van der Waals surface area contributed by atoms with Crippen molar-refractivity contribution in [3.63, 3.8) is 0 Å². The van der Waals surface area contributed by atoms with Gasteiger partial charge in [0.05, 0.1) is 16.1 Å². The van der Waals surface area contributed by atoms with Crippen molar-refractivity contribution in [1.82, 2.24) is 4.98 Å². The van der Waals surface area contributed by atoms with Crippen molar-refractivity contribution in [3.8, 4) is 0 Å². The summed E-state index contributed by atoms with van der Waals surface area (Å²) in [7, 11) is 0. The lowest BCUT2D eigenvalue weighted by molar-refractivity contribution is -0.384. The number of rotatable bonds is 5. The third-order valence-electron chi connectivity index (χ3n) is 2.72. The molecule has 0 saturated heterocycles. The number of nitro benzene ring substituents is 1. The van der Waals surface area contributed by atoms with Crippen LogP contribution in [-0.4, -0.2) is 9.91 Å². The highest BCUT2D eigenvalue weighted by molar-refractivity contribution is 7.09. The molecule has 0 saturated carbocycles. The highest BCUT2D eigenvalue weighted by atomic mass is 32.1. The van der Waals surface area contributed by atoms with Gasteiger partial charge in [0.2, 0.25) is 0 Å². The molecule has 5 heteroatoms. The van der Waals surface area contributed by atoms with Crippen LogP contribution in [0.3, 0.4) is 0 Å². The van der Waals surface area contributed by atoms with Gasteiger partial charge in [0.15, 0.2) is 0 Å². The summed E-state index contributed by atoms with van der Waals surface area (Å²) < 4.78 is 0. The van der Waals surface area contributed by atoms with E-state index in [2.05, 4.69) is 11.9 Å². The molecule has 0 aliphatic rings. The van der Waals surface area contributed by atoms with Crippen LogP contribution in [-0.2, 0) is 12.8 Å². The number of aromatic nitrogens is 1. The van der Waals surface area contributed by atoms with E-state index in [-0.39, 0.29) is 10.6 Å². The van der Waals surface area contributed by atoms with Gasteiger partial charge in [-0.3, -0.25) is 10.1 Å².